The summed E-state index contributed by atoms with van der Waals surface area (Å²) >= 11 is 0. The molecule has 0 bridgehead atoms. The number of nitro groups is 1. The molecule has 0 unspecified atom stereocenters. The van der Waals surface area contributed by atoms with Gasteiger partial charge in [-0.15, -0.1) is 0 Å². The van der Waals surface area contributed by atoms with Crippen molar-refractivity contribution in [2.75, 3.05) is 21.1 Å². The highest BCUT2D eigenvalue weighted by Crippen LogP contribution is 2.26. The molecule has 1 aromatic carbocycles. The molecule has 6 nitrogen and oxygen atoms in total. The van der Waals surface area contributed by atoms with E-state index in [2.05, 4.69) is 0 Å². The molecule has 0 aliphatic carbocycles. The molecule has 0 aliphatic heterocycles. The van der Waals surface area contributed by atoms with E-state index in [0.717, 1.165) is 0 Å². The third kappa shape index (κ3) is 2.34. The van der Waals surface area contributed by atoms with E-state index in [-0.39, 0.29) is 11.3 Å². The van der Waals surface area contributed by atoms with Crippen molar-refractivity contribution in [2.24, 2.45) is 5.73 Å². The topological polar surface area (TPSA) is 86.2 Å². The number of hydrogen-bond acceptors (Lipinski definition) is 3. The fourth-order valence-corrected chi connectivity index (χ4v) is 1.42. The van der Waals surface area contributed by atoms with Gasteiger partial charge in [-0.05, 0) is 0 Å². The minimum Gasteiger partial charge on any atom is -0.365 e. The quantitative estimate of drug-likeness (QED) is 0.470. The maximum absolute atomic E-state index is 11.2. The van der Waals surface area contributed by atoms with Gasteiger partial charge in [-0.3, -0.25) is 19.4 Å². The third-order valence-corrected chi connectivity index (χ3v) is 2.18. The van der Waals surface area contributed by atoms with Gasteiger partial charge < -0.3 is 5.73 Å². The maximum Gasteiger partial charge on any atom is 0.270 e. The van der Waals surface area contributed by atoms with E-state index in [1.165, 1.54) is 12.1 Å². The molecule has 0 aromatic heterocycles. The second-order valence-electron chi connectivity index (χ2n) is 4.34. The summed E-state index contributed by atoms with van der Waals surface area (Å²) in [5, 5.41) is 10.6. The van der Waals surface area contributed by atoms with Gasteiger partial charge in [0.2, 0.25) is 0 Å². The summed E-state index contributed by atoms with van der Waals surface area (Å²) in [6, 6.07) is 4.13. The highest BCUT2D eigenvalue weighted by Gasteiger charge is 2.23. The van der Waals surface area contributed by atoms with Crippen molar-refractivity contribution in [2.45, 2.75) is 0 Å². The molecule has 0 heterocycles. The summed E-state index contributed by atoms with van der Waals surface area (Å²) in [5.74, 6) is -0.660. The van der Waals surface area contributed by atoms with Gasteiger partial charge in [-0.25, -0.2) is 0 Å². The van der Waals surface area contributed by atoms with Crippen LogP contribution < -0.4 is 10.2 Å². The number of carbonyl (C=O) groups excluding carboxylic acids is 1. The van der Waals surface area contributed by atoms with Crippen LogP contribution >= 0.6 is 0 Å². The first-order chi connectivity index (χ1) is 7.23. The lowest BCUT2D eigenvalue weighted by atomic mass is 10.1. The van der Waals surface area contributed by atoms with Crippen LogP contribution in [0.5, 0.6) is 0 Å². The average Bonchev–Trinajstić information content (AvgIpc) is 2.15. The molecule has 0 atom stereocenters. The Morgan fingerprint density at radius 1 is 1.38 bits per heavy atom. The van der Waals surface area contributed by atoms with Crippen molar-refractivity contribution >= 4 is 17.3 Å². The first-order valence-corrected chi connectivity index (χ1v) is 4.63. The number of hydrogen-bond donors (Lipinski definition) is 1. The fraction of sp³-hybridized carbons (Fsp3) is 0.300. The van der Waals surface area contributed by atoms with Gasteiger partial charge in [0.1, 0.15) is 11.3 Å². The van der Waals surface area contributed by atoms with E-state index in [1.54, 1.807) is 6.07 Å². The summed E-state index contributed by atoms with van der Waals surface area (Å²) in [5.41, 5.74) is 5.91. The van der Waals surface area contributed by atoms with Crippen LogP contribution in [-0.4, -0.2) is 32.0 Å². The molecular weight excluding hydrogens is 210 g/mol. The highest BCUT2D eigenvalue weighted by molar-refractivity contribution is 5.98. The van der Waals surface area contributed by atoms with Crippen molar-refractivity contribution in [3.63, 3.8) is 0 Å². The van der Waals surface area contributed by atoms with Gasteiger partial charge >= 0.3 is 0 Å². The van der Waals surface area contributed by atoms with Crippen LogP contribution in [0.2, 0.25) is 0 Å². The number of primary amides is 1. The zero-order valence-electron chi connectivity index (χ0n) is 9.43. The molecule has 0 radical (unpaired) electrons. The molecule has 16 heavy (non-hydrogen) atoms. The predicted octanol–water partition coefficient (Wildman–Crippen LogP) is 0.890. The van der Waals surface area contributed by atoms with Crippen molar-refractivity contribution in [1.29, 1.82) is 0 Å². The second kappa shape index (κ2) is 3.90. The first-order valence-electron chi connectivity index (χ1n) is 4.63. The molecule has 0 fully saturated rings. The molecule has 2 N–H and O–H groups in total. The smallest absolute Gasteiger partial charge is 0.270 e. The zero-order chi connectivity index (χ0) is 12.5. The standard InChI is InChI=1S/C10H13N3O3/c1-13(2,3)9-5-4-7(12(15)16)6-8(9)10(11)14/h4-6H,1-3H3,(H-,11,14)/p+1. The monoisotopic (exact) mass is 224 g/mol. The van der Waals surface area contributed by atoms with Crippen LogP contribution in [0.1, 0.15) is 10.4 Å². The number of nitrogens with zero attached hydrogens (tertiary/aromatic N) is 2. The SMILES string of the molecule is C[N+](C)(C)c1ccc([N+](=O)[O-])cc1C(N)=O. The number of carbonyl (C=O) groups is 1. The second-order valence-corrected chi connectivity index (χ2v) is 4.34. The number of benzene rings is 1. The average molecular weight is 224 g/mol. The number of nitrogens with two attached hydrogens (primary N) is 1. The molecule has 0 aliphatic rings. The van der Waals surface area contributed by atoms with Crippen molar-refractivity contribution in [3.05, 3.63) is 33.9 Å². The van der Waals surface area contributed by atoms with Gasteiger partial charge in [0, 0.05) is 18.2 Å². The summed E-state index contributed by atoms with van der Waals surface area (Å²) in [6.07, 6.45) is 0. The Bertz CT molecular complexity index is 449. The lowest BCUT2D eigenvalue weighted by molar-refractivity contribution is -0.384. The molecule has 6 heteroatoms. The van der Waals surface area contributed by atoms with E-state index >= 15 is 0 Å². The van der Waals surface area contributed by atoms with Gasteiger partial charge in [0.05, 0.1) is 26.1 Å². The van der Waals surface area contributed by atoms with Crippen molar-refractivity contribution in [3.8, 4) is 0 Å². The van der Waals surface area contributed by atoms with Crippen LogP contribution in [0.25, 0.3) is 0 Å². The van der Waals surface area contributed by atoms with Crippen molar-refractivity contribution < 1.29 is 9.72 Å². The lowest BCUT2D eigenvalue weighted by Crippen LogP contribution is -2.37. The zero-order valence-corrected chi connectivity index (χ0v) is 9.43. The molecule has 0 saturated heterocycles. The summed E-state index contributed by atoms with van der Waals surface area (Å²) in [6.45, 7) is 0. The third-order valence-electron chi connectivity index (χ3n) is 2.18. The van der Waals surface area contributed by atoms with E-state index in [0.29, 0.717) is 10.2 Å². The molecule has 86 valence electrons. The number of rotatable bonds is 3. The minimum absolute atomic E-state index is 0.133. The van der Waals surface area contributed by atoms with Crippen molar-refractivity contribution in [1.82, 2.24) is 4.48 Å². The predicted molar refractivity (Wildman–Crippen MR) is 61.2 cm³/mol. The van der Waals surface area contributed by atoms with Gasteiger partial charge in [-0.2, -0.15) is 0 Å². The van der Waals surface area contributed by atoms with Crippen LogP contribution in [0.15, 0.2) is 18.2 Å². The molecule has 1 amide bonds. The number of non-ortho nitro benzene ring substituents is 1. The van der Waals surface area contributed by atoms with Crippen LogP contribution in [-0.2, 0) is 0 Å². The van der Waals surface area contributed by atoms with E-state index in [1.807, 2.05) is 21.1 Å². The summed E-state index contributed by atoms with van der Waals surface area (Å²) in [4.78, 5) is 21.3. The normalized spacial score (nSPS) is 11.2. The number of amides is 1. The van der Waals surface area contributed by atoms with Gasteiger partial charge in [0.15, 0.2) is 0 Å². The Morgan fingerprint density at radius 2 is 1.94 bits per heavy atom. The fourth-order valence-electron chi connectivity index (χ4n) is 1.42. The molecular formula is C10H14N3O3+. The van der Waals surface area contributed by atoms with Crippen LogP contribution in [0.3, 0.4) is 0 Å². The largest absolute Gasteiger partial charge is 0.365 e. The molecule has 1 rings (SSSR count). The highest BCUT2D eigenvalue weighted by atomic mass is 16.6. The lowest BCUT2D eigenvalue weighted by Gasteiger charge is -2.24. The maximum atomic E-state index is 11.2. The van der Waals surface area contributed by atoms with Crippen LogP contribution in [0.4, 0.5) is 11.4 Å². The Labute approximate surface area is 93.0 Å². The molecule has 1 aromatic rings. The van der Waals surface area contributed by atoms with E-state index in [9.17, 15) is 14.9 Å². The summed E-state index contributed by atoms with van der Waals surface area (Å²) in [7, 11) is 5.56. The number of nitro benzene ring substituents is 1. The Morgan fingerprint density at radius 3 is 2.31 bits per heavy atom. The van der Waals surface area contributed by atoms with Crippen LogP contribution in [0, 0.1) is 10.1 Å². The Hall–Kier alpha value is -1.95. The van der Waals surface area contributed by atoms with E-state index < -0.39 is 10.8 Å². The van der Waals surface area contributed by atoms with Gasteiger partial charge in [-0.1, -0.05) is 0 Å². The Kier molecular flexibility index (Phi) is 2.95. The number of quaternary nitrogens is 1. The molecule has 0 saturated carbocycles. The van der Waals surface area contributed by atoms with Gasteiger partial charge in [0.25, 0.3) is 11.6 Å². The first kappa shape index (κ1) is 12.1. The summed E-state index contributed by atoms with van der Waals surface area (Å²) < 4.78 is 0.371. The van der Waals surface area contributed by atoms with E-state index in [4.69, 9.17) is 5.73 Å². The molecule has 0 spiro atoms. The Balaban J connectivity index is 3.43. The minimum atomic E-state index is -0.660.